The van der Waals surface area contributed by atoms with Gasteiger partial charge in [-0.3, -0.25) is 0 Å². The number of nitrogens with two attached hydrogens (primary N) is 1. The van der Waals surface area contributed by atoms with Crippen molar-refractivity contribution in [1.29, 1.82) is 0 Å². The van der Waals surface area contributed by atoms with E-state index < -0.39 is 0 Å². The maximum atomic E-state index is 13.7. The highest BCUT2D eigenvalue weighted by atomic mass is 32.2. The van der Waals surface area contributed by atoms with Gasteiger partial charge < -0.3 is 10.7 Å². The van der Waals surface area contributed by atoms with E-state index in [1.165, 1.54) is 23.4 Å². The fraction of sp³-hybridized carbons (Fsp3) is 0.133. The lowest BCUT2D eigenvalue weighted by Crippen LogP contribution is -2.01. The van der Waals surface area contributed by atoms with Crippen LogP contribution in [0.3, 0.4) is 0 Å². The van der Waals surface area contributed by atoms with Crippen LogP contribution in [0.1, 0.15) is 11.1 Å². The van der Waals surface area contributed by atoms with Crippen molar-refractivity contribution >= 4 is 22.8 Å². The van der Waals surface area contributed by atoms with Gasteiger partial charge in [-0.15, -0.1) is 0 Å². The highest BCUT2D eigenvalue weighted by molar-refractivity contribution is 7.99. The number of benzene rings is 2. The van der Waals surface area contributed by atoms with Gasteiger partial charge in [0.05, 0.1) is 11.0 Å². The molecule has 0 bridgehead atoms. The van der Waals surface area contributed by atoms with E-state index in [0.717, 1.165) is 21.1 Å². The van der Waals surface area contributed by atoms with Crippen molar-refractivity contribution in [3.63, 3.8) is 0 Å². The van der Waals surface area contributed by atoms with Gasteiger partial charge in [0, 0.05) is 17.0 Å². The molecule has 3 aromatic rings. The molecule has 0 radical (unpaired) electrons. The number of aromatic amines is 1. The Morgan fingerprint density at radius 2 is 2.15 bits per heavy atom. The lowest BCUT2D eigenvalue weighted by atomic mass is 10.2. The van der Waals surface area contributed by atoms with E-state index in [9.17, 15) is 4.39 Å². The molecule has 2 aromatic carbocycles. The molecule has 0 aliphatic carbocycles. The summed E-state index contributed by atoms with van der Waals surface area (Å²) < 4.78 is 13.7. The number of fused-ring (bicyclic) bond motifs is 1. The third kappa shape index (κ3) is 2.42. The lowest BCUT2D eigenvalue weighted by Gasteiger charge is -2.06. The Labute approximate surface area is 120 Å². The number of imidazole rings is 1. The monoisotopic (exact) mass is 287 g/mol. The van der Waals surface area contributed by atoms with Crippen LogP contribution in [-0.4, -0.2) is 9.97 Å². The number of nitrogens with zero attached hydrogens (tertiary/aromatic N) is 1. The minimum Gasteiger partial charge on any atom is -0.333 e. The van der Waals surface area contributed by atoms with E-state index >= 15 is 0 Å². The number of H-pyrrole nitrogens is 1. The lowest BCUT2D eigenvalue weighted by molar-refractivity contribution is 0.604. The van der Waals surface area contributed by atoms with E-state index in [2.05, 4.69) is 9.97 Å². The summed E-state index contributed by atoms with van der Waals surface area (Å²) in [5.74, 6) is -0.274. The van der Waals surface area contributed by atoms with Crippen LogP contribution in [0.15, 0.2) is 46.5 Å². The number of halogens is 1. The Morgan fingerprint density at radius 1 is 1.30 bits per heavy atom. The second-order valence-corrected chi connectivity index (χ2v) is 5.62. The first kappa shape index (κ1) is 13.1. The Balaban J connectivity index is 1.99. The van der Waals surface area contributed by atoms with Gasteiger partial charge in [0.2, 0.25) is 0 Å². The minimum absolute atomic E-state index is 0.175. The summed E-state index contributed by atoms with van der Waals surface area (Å²) in [4.78, 5) is 8.54. The highest BCUT2D eigenvalue weighted by Gasteiger charge is 2.10. The van der Waals surface area contributed by atoms with Gasteiger partial charge >= 0.3 is 0 Å². The first-order valence-corrected chi connectivity index (χ1v) is 7.10. The van der Waals surface area contributed by atoms with Gasteiger partial charge in [0.25, 0.3) is 0 Å². The molecule has 102 valence electrons. The topological polar surface area (TPSA) is 54.7 Å². The molecule has 3 rings (SSSR count). The van der Waals surface area contributed by atoms with Gasteiger partial charge in [0.15, 0.2) is 5.16 Å². The van der Waals surface area contributed by atoms with Crippen molar-refractivity contribution in [2.45, 2.75) is 23.5 Å². The molecule has 5 heteroatoms. The number of aromatic nitrogens is 2. The van der Waals surface area contributed by atoms with Crippen LogP contribution in [0.5, 0.6) is 0 Å². The molecule has 0 spiro atoms. The van der Waals surface area contributed by atoms with E-state index in [1.54, 1.807) is 6.07 Å². The SMILES string of the molecule is Cc1ccc2nc(Sc3cccc(F)c3CN)[nH]c2c1. The zero-order valence-electron chi connectivity index (χ0n) is 11.0. The van der Waals surface area contributed by atoms with Gasteiger partial charge in [-0.1, -0.05) is 23.9 Å². The summed E-state index contributed by atoms with van der Waals surface area (Å²) in [7, 11) is 0. The second-order valence-electron chi connectivity index (χ2n) is 4.59. The predicted molar refractivity (Wildman–Crippen MR) is 79.2 cm³/mol. The van der Waals surface area contributed by atoms with Crippen LogP contribution in [0.2, 0.25) is 0 Å². The molecule has 0 aliphatic rings. The van der Waals surface area contributed by atoms with E-state index in [0.29, 0.717) is 5.56 Å². The predicted octanol–water partition coefficient (Wildman–Crippen LogP) is 3.62. The molecule has 0 atom stereocenters. The zero-order chi connectivity index (χ0) is 14.1. The van der Waals surface area contributed by atoms with Crippen molar-refractivity contribution in [2.75, 3.05) is 0 Å². The summed E-state index contributed by atoms with van der Waals surface area (Å²) in [6.07, 6.45) is 0. The molecule has 0 saturated carbocycles. The standard InChI is InChI=1S/C15H14FN3S/c1-9-5-6-12-13(7-9)19-15(18-12)20-14-4-2-3-11(16)10(14)8-17/h2-7H,8,17H2,1H3,(H,18,19). The largest absolute Gasteiger partial charge is 0.333 e. The highest BCUT2D eigenvalue weighted by Crippen LogP contribution is 2.31. The van der Waals surface area contributed by atoms with Gasteiger partial charge in [-0.05, 0) is 36.8 Å². The molecule has 3 nitrogen and oxygen atoms in total. The summed E-state index contributed by atoms with van der Waals surface area (Å²) in [5, 5.41) is 0.742. The average Bonchev–Trinajstić information content (AvgIpc) is 2.80. The van der Waals surface area contributed by atoms with E-state index in [-0.39, 0.29) is 12.4 Å². The number of hydrogen-bond donors (Lipinski definition) is 2. The molecular weight excluding hydrogens is 273 g/mol. The number of rotatable bonds is 3. The molecule has 0 fully saturated rings. The van der Waals surface area contributed by atoms with Crippen molar-refractivity contribution in [1.82, 2.24) is 9.97 Å². The first-order valence-electron chi connectivity index (χ1n) is 6.29. The Kier molecular flexibility index (Phi) is 3.46. The van der Waals surface area contributed by atoms with Crippen molar-refractivity contribution < 1.29 is 4.39 Å². The van der Waals surface area contributed by atoms with Crippen LogP contribution in [0.4, 0.5) is 4.39 Å². The third-order valence-corrected chi connectivity index (χ3v) is 4.09. The molecule has 1 aromatic heterocycles. The molecule has 0 amide bonds. The number of aryl methyl sites for hydroxylation is 1. The van der Waals surface area contributed by atoms with Crippen LogP contribution in [0.25, 0.3) is 11.0 Å². The quantitative estimate of drug-likeness (QED) is 0.773. The summed E-state index contributed by atoms with van der Waals surface area (Å²) in [6.45, 7) is 2.21. The molecule has 1 heterocycles. The third-order valence-electron chi connectivity index (χ3n) is 3.10. The maximum Gasteiger partial charge on any atom is 0.171 e. The molecule has 3 N–H and O–H groups in total. The second kappa shape index (κ2) is 5.26. The van der Waals surface area contributed by atoms with Gasteiger partial charge in [-0.25, -0.2) is 9.37 Å². The molecule has 20 heavy (non-hydrogen) atoms. The summed E-state index contributed by atoms with van der Waals surface area (Å²) >= 11 is 1.40. The molecular formula is C15H14FN3S. The fourth-order valence-electron chi connectivity index (χ4n) is 2.09. The van der Waals surface area contributed by atoms with Crippen molar-refractivity contribution in [3.8, 4) is 0 Å². The van der Waals surface area contributed by atoms with Crippen LogP contribution >= 0.6 is 11.8 Å². The van der Waals surface area contributed by atoms with Crippen LogP contribution in [-0.2, 0) is 6.54 Å². The van der Waals surface area contributed by atoms with Crippen LogP contribution in [0, 0.1) is 12.7 Å². The smallest absolute Gasteiger partial charge is 0.171 e. The minimum atomic E-state index is -0.274. The molecule has 0 saturated heterocycles. The first-order chi connectivity index (χ1) is 9.67. The Hall–Kier alpha value is -1.85. The number of nitrogens with one attached hydrogen (secondary N) is 1. The normalized spacial score (nSPS) is 11.2. The maximum absolute atomic E-state index is 13.7. The Morgan fingerprint density at radius 3 is 2.95 bits per heavy atom. The van der Waals surface area contributed by atoms with Crippen molar-refractivity contribution in [2.24, 2.45) is 5.73 Å². The molecule has 0 aliphatic heterocycles. The van der Waals surface area contributed by atoms with E-state index in [4.69, 9.17) is 5.73 Å². The Bertz CT molecular complexity index is 767. The average molecular weight is 287 g/mol. The van der Waals surface area contributed by atoms with Gasteiger partial charge in [-0.2, -0.15) is 0 Å². The summed E-state index contributed by atoms with van der Waals surface area (Å²) in [5.41, 5.74) is 9.20. The van der Waals surface area contributed by atoms with E-state index in [1.807, 2.05) is 31.2 Å². The fourth-order valence-corrected chi connectivity index (χ4v) is 3.05. The van der Waals surface area contributed by atoms with Gasteiger partial charge in [0.1, 0.15) is 5.82 Å². The summed E-state index contributed by atoms with van der Waals surface area (Å²) in [6, 6.07) is 11.0. The molecule has 0 unspecified atom stereocenters. The zero-order valence-corrected chi connectivity index (χ0v) is 11.8. The van der Waals surface area contributed by atoms with Crippen LogP contribution < -0.4 is 5.73 Å². The number of hydrogen-bond acceptors (Lipinski definition) is 3. The van der Waals surface area contributed by atoms with Crippen molar-refractivity contribution in [3.05, 3.63) is 53.3 Å².